The highest BCUT2D eigenvalue weighted by molar-refractivity contribution is 5.83. The van der Waals surface area contributed by atoms with E-state index >= 15 is 0 Å². The van der Waals surface area contributed by atoms with Crippen molar-refractivity contribution in [3.8, 4) is 11.5 Å². The number of benzene rings is 1. The van der Waals surface area contributed by atoms with Gasteiger partial charge in [-0.15, -0.1) is 0 Å². The summed E-state index contributed by atoms with van der Waals surface area (Å²) in [4.78, 5) is 24.9. The molecule has 0 spiro atoms. The highest BCUT2D eigenvalue weighted by atomic mass is 16.5. The lowest BCUT2D eigenvalue weighted by molar-refractivity contribution is -0.134. The molecule has 0 aliphatic heterocycles. The van der Waals surface area contributed by atoms with Crippen LogP contribution >= 0.6 is 0 Å². The van der Waals surface area contributed by atoms with Gasteiger partial charge in [0.05, 0.1) is 20.2 Å². The van der Waals surface area contributed by atoms with E-state index in [9.17, 15) is 9.59 Å². The van der Waals surface area contributed by atoms with Crippen molar-refractivity contribution in [1.82, 2.24) is 10.2 Å². The first kappa shape index (κ1) is 18.8. The second-order valence-corrected chi connectivity index (χ2v) is 5.67. The van der Waals surface area contributed by atoms with E-state index in [1.54, 1.807) is 24.1 Å². The van der Waals surface area contributed by atoms with Gasteiger partial charge in [0.1, 0.15) is 18.1 Å². The molecule has 1 rings (SSSR count). The second-order valence-electron chi connectivity index (χ2n) is 5.67. The molecule has 128 valence electrons. The fraction of sp³-hybridized carbons (Fsp3) is 0.529. The van der Waals surface area contributed by atoms with Gasteiger partial charge in [0, 0.05) is 13.5 Å². The molecule has 1 aromatic carbocycles. The van der Waals surface area contributed by atoms with E-state index in [0.717, 1.165) is 5.75 Å². The average Bonchev–Trinajstić information content (AvgIpc) is 2.51. The summed E-state index contributed by atoms with van der Waals surface area (Å²) < 4.78 is 10.6. The van der Waals surface area contributed by atoms with Crippen molar-refractivity contribution in [1.29, 1.82) is 0 Å². The Morgan fingerprint density at radius 3 is 2.30 bits per heavy atom. The number of hydrogen-bond donors (Lipinski definition) is 1. The molecule has 0 atom stereocenters. The Morgan fingerprint density at radius 2 is 1.78 bits per heavy atom. The van der Waals surface area contributed by atoms with Gasteiger partial charge in [0.25, 0.3) is 0 Å². The van der Waals surface area contributed by atoms with Crippen LogP contribution in [0, 0.1) is 5.92 Å². The molecule has 0 fully saturated rings. The Kier molecular flexibility index (Phi) is 7.94. The lowest BCUT2D eigenvalue weighted by Crippen LogP contribution is -2.42. The molecule has 0 heterocycles. The third kappa shape index (κ3) is 7.54. The zero-order valence-corrected chi connectivity index (χ0v) is 14.3. The molecule has 0 saturated carbocycles. The Labute approximate surface area is 137 Å². The molecule has 0 radical (unpaired) electrons. The first-order valence-electron chi connectivity index (χ1n) is 7.71. The van der Waals surface area contributed by atoms with Gasteiger partial charge in [-0.3, -0.25) is 9.59 Å². The Balaban J connectivity index is 2.28. The maximum absolute atomic E-state index is 11.9. The zero-order chi connectivity index (χ0) is 17.2. The molecular formula is C17H26N2O4. The average molecular weight is 322 g/mol. The monoisotopic (exact) mass is 322 g/mol. The van der Waals surface area contributed by atoms with E-state index in [0.29, 0.717) is 31.4 Å². The molecule has 2 amide bonds. The van der Waals surface area contributed by atoms with Gasteiger partial charge in [-0.1, -0.05) is 13.8 Å². The van der Waals surface area contributed by atoms with Gasteiger partial charge in [-0.25, -0.2) is 0 Å². The number of rotatable bonds is 9. The minimum Gasteiger partial charge on any atom is -0.497 e. The van der Waals surface area contributed by atoms with Crippen molar-refractivity contribution in [2.24, 2.45) is 5.92 Å². The predicted octanol–water partition coefficient (Wildman–Crippen LogP) is 1.69. The van der Waals surface area contributed by atoms with Gasteiger partial charge < -0.3 is 19.7 Å². The van der Waals surface area contributed by atoms with Gasteiger partial charge in [-0.05, 0) is 30.2 Å². The summed E-state index contributed by atoms with van der Waals surface area (Å²) in [6.45, 7) is 6.90. The molecule has 6 heteroatoms. The van der Waals surface area contributed by atoms with Crippen LogP contribution in [0.2, 0.25) is 0 Å². The fourth-order valence-electron chi connectivity index (χ4n) is 2.01. The van der Waals surface area contributed by atoms with Crippen LogP contribution in [0.15, 0.2) is 24.3 Å². The standard InChI is InChI=1S/C17H26N2O4/c1-13(2)11-19(14(3)20)12-17(21)18-9-10-23-16-7-5-15(22-4)6-8-16/h5-8,13H,9-12H2,1-4H3,(H,18,21). The number of carbonyl (C=O) groups is 2. The van der Waals surface area contributed by atoms with Crippen LogP contribution < -0.4 is 14.8 Å². The van der Waals surface area contributed by atoms with Crippen molar-refractivity contribution in [2.45, 2.75) is 20.8 Å². The highest BCUT2D eigenvalue weighted by Gasteiger charge is 2.14. The van der Waals surface area contributed by atoms with Gasteiger partial charge in [0.2, 0.25) is 11.8 Å². The smallest absolute Gasteiger partial charge is 0.239 e. The molecule has 0 unspecified atom stereocenters. The molecule has 0 aliphatic carbocycles. The van der Waals surface area contributed by atoms with Crippen LogP contribution in [0.3, 0.4) is 0 Å². The summed E-state index contributed by atoms with van der Waals surface area (Å²) in [7, 11) is 1.61. The van der Waals surface area contributed by atoms with Crippen molar-refractivity contribution >= 4 is 11.8 Å². The van der Waals surface area contributed by atoms with E-state index < -0.39 is 0 Å². The van der Waals surface area contributed by atoms with Gasteiger partial charge in [-0.2, -0.15) is 0 Å². The van der Waals surface area contributed by atoms with Crippen LogP contribution in [0.4, 0.5) is 0 Å². The summed E-state index contributed by atoms with van der Waals surface area (Å²) in [6, 6.07) is 7.23. The second kappa shape index (κ2) is 9.71. The molecule has 1 aromatic rings. The number of nitrogens with zero attached hydrogens (tertiary/aromatic N) is 1. The van der Waals surface area contributed by atoms with Crippen LogP contribution in [0.25, 0.3) is 0 Å². The first-order chi connectivity index (χ1) is 10.9. The summed E-state index contributed by atoms with van der Waals surface area (Å²) in [5.74, 6) is 1.53. The van der Waals surface area contributed by atoms with Crippen molar-refractivity contribution in [3.63, 3.8) is 0 Å². The zero-order valence-electron chi connectivity index (χ0n) is 14.3. The molecule has 1 N–H and O–H groups in total. The van der Waals surface area contributed by atoms with Crippen LogP contribution in [-0.2, 0) is 9.59 Å². The Bertz CT molecular complexity index is 500. The summed E-state index contributed by atoms with van der Waals surface area (Å²) in [6.07, 6.45) is 0. The summed E-state index contributed by atoms with van der Waals surface area (Å²) in [5.41, 5.74) is 0. The number of methoxy groups -OCH3 is 1. The topological polar surface area (TPSA) is 67.9 Å². The highest BCUT2D eigenvalue weighted by Crippen LogP contribution is 2.16. The summed E-state index contributed by atoms with van der Waals surface area (Å²) in [5, 5.41) is 2.75. The minimum absolute atomic E-state index is 0.0794. The summed E-state index contributed by atoms with van der Waals surface area (Å²) >= 11 is 0. The molecule has 0 aliphatic rings. The van der Waals surface area contributed by atoms with E-state index in [4.69, 9.17) is 9.47 Å². The third-order valence-electron chi connectivity index (χ3n) is 3.12. The van der Waals surface area contributed by atoms with Crippen molar-refractivity contribution < 1.29 is 19.1 Å². The minimum atomic E-state index is -0.181. The van der Waals surface area contributed by atoms with Crippen molar-refractivity contribution in [3.05, 3.63) is 24.3 Å². The number of amides is 2. The lowest BCUT2D eigenvalue weighted by Gasteiger charge is -2.22. The normalized spacial score (nSPS) is 10.3. The molecule has 0 aromatic heterocycles. The predicted molar refractivity (Wildman–Crippen MR) is 88.6 cm³/mol. The maximum Gasteiger partial charge on any atom is 0.239 e. The first-order valence-corrected chi connectivity index (χ1v) is 7.71. The van der Waals surface area contributed by atoms with Crippen LogP contribution in [0.1, 0.15) is 20.8 Å². The molecule has 0 bridgehead atoms. The number of ether oxygens (including phenoxy) is 2. The van der Waals surface area contributed by atoms with Crippen molar-refractivity contribution in [2.75, 3.05) is 33.4 Å². The van der Waals surface area contributed by atoms with Gasteiger partial charge >= 0.3 is 0 Å². The van der Waals surface area contributed by atoms with Crippen LogP contribution in [-0.4, -0.2) is 50.1 Å². The quantitative estimate of drug-likeness (QED) is 0.703. The Morgan fingerprint density at radius 1 is 1.17 bits per heavy atom. The Hall–Kier alpha value is -2.24. The lowest BCUT2D eigenvalue weighted by atomic mass is 10.2. The van der Waals surface area contributed by atoms with E-state index in [1.807, 2.05) is 26.0 Å². The number of nitrogens with one attached hydrogen (secondary N) is 1. The van der Waals surface area contributed by atoms with Gasteiger partial charge in [0.15, 0.2) is 0 Å². The van der Waals surface area contributed by atoms with E-state index in [1.165, 1.54) is 6.92 Å². The molecular weight excluding hydrogens is 296 g/mol. The molecule has 6 nitrogen and oxygen atoms in total. The largest absolute Gasteiger partial charge is 0.497 e. The van der Waals surface area contributed by atoms with Crippen LogP contribution in [0.5, 0.6) is 11.5 Å². The molecule has 23 heavy (non-hydrogen) atoms. The molecule has 0 saturated heterocycles. The fourth-order valence-corrected chi connectivity index (χ4v) is 2.01. The SMILES string of the molecule is COc1ccc(OCCNC(=O)CN(CC(C)C)C(C)=O)cc1. The maximum atomic E-state index is 11.9. The van der Waals surface area contributed by atoms with E-state index in [2.05, 4.69) is 5.32 Å². The third-order valence-corrected chi connectivity index (χ3v) is 3.12. The van der Waals surface area contributed by atoms with E-state index in [-0.39, 0.29) is 18.4 Å². The number of carbonyl (C=O) groups excluding carboxylic acids is 2. The number of hydrogen-bond acceptors (Lipinski definition) is 4.